The number of ether oxygens (including phenoxy) is 2. The molecule has 0 unspecified atom stereocenters. The van der Waals surface area contributed by atoms with Gasteiger partial charge in [-0.15, -0.1) is 0 Å². The topological polar surface area (TPSA) is 52.6 Å². The van der Waals surface area contributed by atoms with E-state index in [2.05, 4.69) is 77.6 Å². The van der Waals surface area contributed by atoms with E-state index >= 15 is 0 Å². The Morgan fingerprint density at radius 1 is 0.585 bits per heavy atom. The van der Waals surface area contributed by atoms with Crippen LogP contribution in [-0.2, 0) is 27.8 Å². The smallest absolute Gasteiger partial charge is 0.311 e. The Bertz CT molecular complexity index is 1370. The summed E-state index contributed by atoms with van der Waals surface area (Å²) in [5.41, 5.74) is 3.72. The van der Waals surface area contributed by atoms with Crippen LogP contribution in [0, 0.1) is 0 Å². The molecule has 41 heavy (non-hydrogen) atoms. The van der Waals surface area contributed by atoms with Gasteiger partial charge in [0.1, 0.15) is 0 Å². The predicted octanol–water partition coefficient (Wildman–Crippen LogP) is 10.1. The van der Waals surface area contributed by atoms with Crippen molar-refractivity contribution in [1.82, 2.24) is 0 Å². The van der Waals surface area contributed by atoms with Gasteiger partial charge in [-0.3, -0.25) is 9.59 Å². The summed E-state index contributed by atoms with van der Waals surface area (Å²) in [5, 5.41) is 0. The molecular weight excluding hydrogens is 780 g/mol. The van der Waals surface area contributed by atoms with Crippen LogP contribution in [0.2, 0.25) is 0 Å². The molecule has 0 aliphatic rings. The summed E-state index contributed by atoms with van der Waals surface area (Å²) < 4.78 is 14.1. The summed E-state index contributed by atoms with van der Waals surface area (Å²) in [4.78, 5) is 25.2. The second-order valence-electron chi connectivity index (χ2n) is 10.1. The zero-order chi connectivity index (χ0) is 29.6. The third kappa shape index (κ3) is 8.40. The van der Waals surface area contributed by atoms with Crippen LogP contribution in [-0.4, -0.2) is 11.9 Å². The Balaban J connectivity index is 1.46. The molecular formula is C33H28Br4O4. The SMILES string of the molecule is CC(C)(c1cc(Br)c(OC(=O)CCc2ccccc2)c(Br)c1)c1cc(Br)c(OC(=O)CCc2ccccc2)c(Br)c1. The normalized spacial score (nSPS) is 11.3. The summed E-state index contributed by atoms with van der Waals surface area (Å²) in [6.07, 6.45) is 1.78. The van der Waals surface area contributed by atoms with E-state index < -0.39 is 5.41 Å². The molecule has 0 bridgehead atoms. The first-order valence-electron chi connectivity index (χ1n) is 13.0. The predicted molar refractivity (Wildman–Crippen MR) is 177 cm³/mol. The minimum absolute atomic E-state index is 0.279. The molecule has 0 spiro atoms. The maximum absolute atomic E-state index is 12.6. The van der Waals surface area contributed by atoms with Crippen molar-refractivity contribution in [2.75, 3.05) is 0 Å². The standard InChI is InChI=1S/C33H28Br4O4/c1-33(2,23-17-25(34)31(26(35)18-23)40-29(38)15-13-21-9-5-3-6-10-21)24-19-27(36)32(28(37)20-24)41-30(39)16-14-22-11-7-4-8-12-22/h3-12,17-20H,13-16H2,1-2H3. The molecule has 0 fully saturated rings. The molecule has 0 radical (unpaired) electrons. The molecule has 4 nitrogen and oxygen atoms in total. The summed E-state index contributed by atoms with van der Waals surface area (Å²) in [5.74, 6) is 0.290. The number of rotatable bonds is 10. The quantitative estimate of drug-likeness (QED) is 0.118. The van der Waals surface area contributed by atoms with E-state index in [1.165, 1.54) is 0 Å². The second-order valence-corrected chi connectivity index (χ2v) is 13.5. The lowest BCUT2D eigenvalue weighted by atomic mass is 9.78. The van der Waals surface area contributed by atoms with Crippen LogP contribution in [0.1, 0.15) is 48.9 Å². The zero-order valence-electron chi connectivity index (χ0n) is 22.6. The van der Waals surface area contributed by atoms with Crippen molar-refractivity contribution < 1.29 is 19.1 Å². The van der Waals surface area contributed by atoms with Gasteiger partial charge in [0.15, 0.2) is 11.5 Å². The highest BCUT2D eigenvalue weighted by molar-refractivity contribution is 9.11. The summed E-state index contributed by atoms with van der Waals surface area (Å²) in [6.45, 7) is 4.21. The van der Waals surface area contributed by atoms with Crippen LogP contribution in [0.3, 0.4) is 0 Å². The molecule has 0 heterocycles. The van der Waals surface area contributed by atoms with Gasteiger partial charge >= 0.3 is 11.9 Å². The van der Waals surface area contributed by atoms with Gasteiger partial charge in [-0.25, -0.2) is 0 Å². The first-order valence-corrected chi connectivity index (χ1v) is 16.2. The van der Waals surface area contributed by atoms with Gasteiger partial charge in [-0.1, -0.05) is 74.5 Å². The number of benzene rings is 4. The van der Waals surface area contributed by atoms with Gasteiger partial charge < -0.3 is 9.47 Å². The van der Waals surface area contributed by atoms with Crippen LogP contribution < -0.4 is 9.47 Å². The van der Waals surface area contributed by atoms with E-state index in [9.17, 15) is 9.59 Å². The molecule has 0 N–H and O–H groups in total. The lowest BCUT2D eigenvalue weighted by molar-refractivity contribution is -0.135. The number of hydrogen-bond acceptors (Lipinski definition) is 4. The number of carbonyl (C=O) groups excluding carboxylic acids is 2. The number of carbonyl (C=O) groups is 2. The van der Waals surface area contributed by atoms with E-state index in [-0.39, 0.29) is 24.8 Å². The van der Waals surface area contributed by atoms with Crippen molar-refractivity contribution >= 4 is 75.7 Å². The minimum atomic E-state index is -0.443. The van der Waals surface area contributed by atoms with Gasteiger partial charge in [0.25, 0.3) is 0 Å². The fraction of sp³-hybridized carbons (Fsp3) is 0.212. The molecule has 4 aromatic carbocycles. The van der Waals surface area contributed by atoms with Crippen molar-refractivity contribution in [1.29, 1.82) is 0 Å². The molecule has 0 saturated heterocycles. The first kappa shape index (κ1) is 31.7. The highest BCUT2D eigenvalue weighted by Crippen LogP contribution is 2.44. The van der Waals surface area contributed by atoms with Gasteiger partial charge in [-0.05, 0) is 123 Å². The highest BCUT2D eigenvalue weighted by Gasteiger charge is 2.28. The van der Waals surface area contributed by atoms with E-state index in [1.807, 2.05) is 84.9 Å². The van der Waals surface area contributed by atoms with Crippen molar-refractivity contribution in [3.8, 4) is 11.5 Å². The summed E-state index contributed by atoms with van der Waals surface area (Å²) in [7, 11) is 0. The Labute approximate surface area is 274 Å². The van der Waals surface area contributed by atoms with Crippen molar-refractivity contribution in [2.24, 2.45) is 0 Å². The molecule has 8 heteroatoms. The van der Waals surface area contributed by atoms with E-state index in [1.54, 1.807) is 0 Å². The van der Waals surface area contributed by atoms with Gasteiger partial charge in [0, 0.05) is 18.3 Å². The second kappa shape index (κ2) is 14.3. The van der Waals surface area contributed by atoms with Crippen LogP contribution in [0.5, 0.6) is 11.5 Å². The zero-order valence-corrected chi connectivity index (χ0v) is 28.9. The van der Waals surface area contributed by atoms with Crippen LogP contribution in [0.4, 0.5) is 0 Å². The maximum Gasteiger partial charge on any atom is 0.311 e. The highest BCUT2D eigenvalue weighted by atomic mass is 79.9. The monoisotopic (exact) mass is 804 g/mol. The van der Waals surface area contributed by atoms with Crippen molar-refractivity contribution in [3.63, 3.8) is 0 Å². The molecule has 0 atom stereocenters. The number of hydrogen-bond donors (Lipinski definition) is 0. The lowest BCUT2D eigenvalue weighted by Gasteiger charge is -2.28. The Morgan fingerprint density at radius 3 is 1.22 bits per heavy atom. The fourth-order valence-corrected chi connectivity index (χ4v) is 7.01. The number of esters is 2. The number of aryl methyl sites for hydroxylation is 2. The van der Waals surface area contributed by atoms with E-state index in [4.69, 9.17) is 9.47 Å². The van der Waals surface area contributed by atoms with Crippen LogP contribution in [0.15, 0.2) is 103 Å². The largest absolute Gasteiger partial charge is 0.424 e. The third-order valence-electron chi connectivity index (χ3n) is 6.79. The average molecular weight is 808 g/mol. The molecule has 0 aliphatic carbocycles. The van der Waals surface area contributed by atoms with Crippen molar-refractivity contribution in [2.45, 2.75) is 44.9 Å². The van der Waals surface area contributed by atoms with Gasteiger partial charge in [0.2, 0.25) is 0 Å². The van der Waals surface area contributed by atoms with Gasteiger partial charge in [-0.2, -0.15) is 0 Å². The summed E-state index contributed by atoms with van der Waals surface area (Å²) >= 11 is 14.4. The molecule has 4 aromatic rings. The molecule has 4 rings (SSSR count). The molecule has 0 aromatic heterocycles. The van der Waals surface area contributed by atoms with Gasteiger partial charge in [0.05, 0.1) is 17.9 Å². The number of halogens is 4. The van der Waals surface area contributed by atoms with Crippen LogP contribution >= 0.6 is 63.7 Å². The molecule has 0 aliphatic heterocycles. The Morgan fingerprint density at radius 2 is 0.902 bits per heavy atom. The fourth-order valence-electron chi connectivity index (χ4n) is 4.32. The lowest BCUT2D eigenvalue weighted by Crippen LogP contribution is -2.20. The minimum Gasteiger partial charge on any atom is -0.424 e. The first-order chi connectivity index (χ1) is 19.5. The van der Waals surface area contributed by atoms with E-state index in [0.29, 0.717) is 42.2 Å². The summed E-state index contributed by atoms with van der Waals surface area (Å²) in [6, 6.07) is 27.6. The van der Waals surface area contributed by atoms with E-state index in [0.717, 1.165) is 22.3 Å². The molecule has 0 saturated carbocycles. The van der Waals surface area contributed by atoms with Crippen LogP contribution in [0.25, 0.3) is 0 Å². The average Bonchev–Trinajstić information content (AvgIpc) is 2.95. The Hall–Kier alpha value is -2.26. The Kier molecular flexibility index (Phi) is 11.0. The van der Waals surface area contributed by atoms with Crippen molar-refractivity contribution in [3.05, 3.63) is 125 Å². The maximum atomic E-state index is 12.6. The molecule has 0 amide bonds. The third-order valence-corrected chi connectivity index (χ3v) is 9.15. The molecule has 212 valence electrons.